The van der Waals surface area contributed by atoms with E-state index in [2.05, 4.69) is 5.32 Å². The van der Waals surface area contributed by atoms with Crippen LogP contribution in [0.4, 0.5) is 9.59 Å². The van der Waals surface area contributed by atoms with Gasteiger partial charge in [-0.1, -0.05) is 30.3 Å². The van der Waals surface area contributed by atoms with Crippen LogP contribution >= 0.6 is 24.2 Å². The highest BCUT2D eigenvalue weighted by Crippen LogP contribution is 2.17. The summed E-state index contributed by atoms with van der Waals surface area (Å²) in [7, 11) is 0. The lowest BCUT2D eigenvalue weighted by molar-refractivity contribution is 0.108. The van der Waals surface area contributed by atoms with Crippen LogP contribution in [0.15, 0.2) is 30.3 Å². The van der Waals surface area contributed by atoms with Crippen LogP contribution in [0.5, 0.6) is 0 Å². The zero-order valence-corrected chi connectivity index (χ0v) is 14.5. The molecular weight excluding hydrogens is 338 g/mol. The van der Waals surface area contributed by atoms with Gasteiger partial charge in [-0.05, 0) is 6.92 Å². The maximum Gasteiger partial charge on any atom is 0.317 e. The van der Waals surface area contributed by atoms with Crippen LogP contribution in [0.2, 0.25) is 0 Å². The van der Waals surface area contributed by atoms with Crippen molar-refractivity contribution >= 4 is 40.6 Å². The van der Waals surface area contributed by atoms with Crippen molar-refractivity contribution in [2.45, 2.75) is 6.92 Å². The van der Waals surface area contributed by atoms with E-state index in [-0.39, 0.29) is 28.8 Å². The summed E-state index contributed by atoms with van der Waals surface area (Å²) in [6, 6.07) is 8.63. The van der Waals surface area contributed by atoms with Crippen LogP contribution in [0.3, 0.4) is 0 Å². The maximum absolute atomic E-state index is 12.1. The Morgan fingerprint density at radius 2 is 1.61 bits per heavy atom. The number of amides is 3. The molecule has 0 bridgehead atoms. The Morgan fingerprint density at radius 1 is 1.04 bits per heavy atom. The lowest BCUT2D eigenvalue weighted by Gasteiger charge is -2.34. The predicted molar refractivity (Wildman–Crippen MR) is 93.2 cm³/mol. The van der Waals surface area contributed by atoms with Crippen LogP contribution < -0.4 is 5.32 Å². The lowest BCUT2D eigenvalue weighted by Crippen LogP contribution is -2.52. The molecule has 1 saturated heterocycles. The van der Waals surface area contributed by atoms with E-state index in [9.17, 15) is 14.4 Å². The number of benzene rings is 1. The fraction of sp³-hybridized carbons (Fsp3) is 0.400. The summed E-state index contributed by atoms with van der Waals surface area (Å²) in [6.45, 7) is 4.31. The van der Waals surface area contributed by atoms with Crippen molar-refractivity contribution in [2.75, 3.05) is 32.7 Å². The minimum Gasteiger partial charge on any atom is -0.338 e. The first-order valence-electron chi connectivity index (χ1n) is 7.20. The molecule has 8 heteroatoms. The van der Waals surface area contributed by atoms with Gasteiger partial charge in [0.05, 0.1) is 0 Å². The first kappa shape index (κ1) is 19.3. The monoisotopic (exact) mass is 357 g/mol. The molecule has 1 aromatic rings. The van der Waals surface area contributed by atoms with Gasteiger partial charge in [0.1, 0.15) is 0 Å². The molecular formula is C15H20ClN3O3S. The standard InChI is InChI=1S/C15H19N3O3S.ClH/c1-2-16-14(20)17-8-10-18(11-9-17)15(21)22-13(19)12-6-4-3-5-7-12;/h3-7H,2,8-11H2,1H3,(H,16,20);1H. The summed E-state index contributed by atoms with van der Waals surface area (Å²) >= 11 is 0.708. The molecule has 0 aliphatic carbocycles. The minimum absolute atomic E-state index is 0. The van der Waals surface area contributed by atoms with Gasteiger partial charge in [-0.25, -0.2) is 4.79 Å². The Bertz CT molecular complexity index is 548. The third kappa shape index (κ3) is 5.44. The molecule has 1 aromatic carbocycles. The molecule has 6 nitrogen and oxygen atoms in total. The lowest BCUT2D eigenvalue weighted by atomic mass is 10.2. The molecule has 1 N–H and O–H groups in total. The minimum atomic E-state index is -0.260. The molecule has 0 saturated carbocycles. The second kappa shape index (κ2) is 9.42. The van der Waals surface area contributed by atoms with Crippen molar-refractivity contribution in [1.82, 2.24) is 15.1 Å². The summed E-state index contributed by atoms with van der Waals surface area (Å²) in [4.78, 5) is 39.1. The SMILES string of the molecule is CCNC(=O)N1CCN(C(=O)SC(=O)c2ccccc2)CC1.Cl. The van der Waals surface area contributed by atoms with E-state index in [1.165, 1.54) is 0 Å². The van der Waals surface area contributed by atoms with E-state index in [1.54, 1.807) is 34.1 Å². The highest BCUT2D eigenvalue weighted by Gasteiger charge is 2.25. The van der Waals surface area contributed by atoms with E-state index in [1.807, 2.05) is 13.0 Å². The smallest absolute Gasteiger partial charge is 0.317 e. The number of halogens is 1. The number of carbonyl (C=O) groups is 3. The Balaban J connectivity index is 0.00000264. The molecule has 1 heterocycles. The third-order valence-corrected chi connectivity index (χ3v) is 4.20. The third-order valence-electron chi connectivity index (χ3n) is 3.34. The Hall–Kier alpha value is -1.73. The Kier molecular flexibility index (Phi) is 7.91. The van der Waals surface area contributed by atoms with Crippen LogP contribution in [-0.4, -0.2) is 58.9 Å². The first-order chi connectivity index (χ1) is 10.6. The molecule has 0 spiro atoms. The van der Waals surface area contributed by atoms with Gasteiger partial charge in [0.25, 0.3) is 5.24 Å². The van der Waals surface area contributed by atoms with Crippen LogP contribution in [0.1, 0.15) is 17.3 Å². The van der Waals surface area contributed by atoms with E-state index in [0.717, 1.165) is 0 Å². The Labute approximate surface area is 146 Å². The number of carbonyl (C=O) groups excluding carboxylic acids is 3. The Morgan fingerprint density at radius 3 is 2.17 bits per heavy atom. The van der Waals surface area contributed by atoms with Crippen LogP contribution in [0.25, 0.3) is 0 Å². The number of nitrogens with one attached hydrogen (secondary N) is 1. The number of nitrogens with zero attached hydrogens (tertiary/aromatic N) is 2. The van der Waals surface area contributed by atoms with Gasteiger partial charge in [-0.3, -0.25) is 9.59 Å². The summed E-state index contributed by atoms with van der Waals surface area (Å²) in [6.07, 6.45) is 0. The molecule has 126 valence electrons. The maximum atomic E-state index is 12.1. The van der Waals surface area contributed by atoms with Crippen molar-refractivity contribution < 1.29 is 14.4 Å². The van der Waals surface area contributed by atoms with E-state index in [0.29, 0.717) is 50.0 Å². The van der Waals surface area contributed by atoms with Gasteiger partial charge in [0, 0.05) is 50.0 Å². The number of hydrogen-bond acceptors (Lipinski definition) is 4. The number of thioether (sulfide) groups is 1. The molecule has 0 atom stereocenters. The van der Waals surface area contributed by atoms with Gasteiger partial charge < -0.3 is 15.1 Å². The van der Waals surface area contributed by atoms with E-state index in [4.69, 9.17) is 0 Å². The largest absolute Gasteiger partial charge is 0.338 e. The number of rotatable bonds is 2. The van der Waals surface area contributed by atoms with Crippen molar-refractivity contribution in [2.24, 2.45) is 0 Å². The summed E-state index contributed by atoms with van der Waals surface area (Å²) < 4.78 is 0. The fourth-order valence-electron chi connectivity index (χ4n) is 2.13. The zero-order valence-electron chi connectivity index (χ0n) is 12.9. The van der Waals surface area contributed by atoms with E-state index < -0.39 is 0 Å². The topological polar surface area (TPSA) is 69.7 Å². The molecule has 0 aromatic heterocycles. The van der Waals surface area contributed by atoms with Crippen molar-refractivity contribution in [3.05, 3.63) is 35.9 Å². The van der Waals surface area contributed by atoms with Crippen molar-refractivity contribution in [3.63, 3.8) is 0 Å². The molecule has 1 aliphatic heterocycles. The molecule has 23 heavy (non-hydrogen) atoms. The molecule has 0 radical (unpaired) electrons. The summed E-state index contributed by atoms with van der Waals surface area (Å²) in [5, 5.41) is 2.22. The van der Waals surface area contributed by atoms with Gasteiger partial charge in [-0.2, -0.15) is 0 Å². The van der Waals surface area contributed by atoms with Crippen LogP contribution in [0, 0.1) is 0 Å². The quantitative estimate of drug-likeness (QED) is 0.882. The first-order valence-corrected chi connectivity index (χ1v) is 8.02. The fourth-order valence-corrected chi connectivity index (χ4v) is 2.86. The number of piperazine rings is 1. The highest BCUT2D eigenvalue weighted by atomic mass is 35.5. The van der Waals surface area contributed by atoms with Crippen molar-refractivity contribution in [1.29, 1.82) is 0 Å². The number of urea groups is 1. The van der Waals surface area contributed by atoms with Gasteiger partial charge >= 0.3 is 6.03 Å². The predicted octanol–water partition coefficient (Wildman–Crippen LogP) is 2.45. The normalized spacial score (nSPS) is 14.0. The second-order valence-electron chi connectivity index (χ2n) is 4.83. The molecule has 2 rings (SSSR count). The molecule has 1 fully saturated rings. The highest BCUT2D eigenvalue weighted by molar-refractivity contribution is 8.26. The van der Waals surface area contributed by atoms with Crippen LogP contribution in [-0.2, 0) is 0 Å². The van der Waals surface area contributed by atoms with Gasteiger partial charge in [0.15, 0.2) is 0 Å². The van der Waals surface area contributed by atoms with Crippen molar-refractivity contribution in [3.8, 4) is 0 Å². The molecule has 0 unspecified atom stereocenters. The summed E-state index contributed by atoms with van der Waals surface area (Å²) in [5.74, 6) is 0. The van der Waals surface area contributed by atoms with E-state index >= 15 is 0 Å². The zero-order chi connectivity index (χ0) is 15.9. The van der Waals surface area contributed by atoms with Gasteiger partial charge in [0.2, 0.25) is 5.12 Å². The molecule has 1 aliphatic rings. The van der Waals surface area contributed by atoms with Gasteiger partial charge in [-0.15, -0.1) is 12.4 Å². The average Bonchev–Trinajstić information content (AvgIpc) is 2.56. The summed E-state index contributed by atoms with van der Waals surface area (Å²) in [5.41, 5.74) is 0.516. The molecule has 3 amide bonds. The second-order valence-corrected chi connectivity index (χ2v) is 5.76. The number of hydrogen-bond donors (Lipinski definition) is 1. The average molecular weight is 358 g/mol.